The van der Waals surface area contributed by atoms with Crippen molar-refractivity contribution in [3.8, 4) is 21.7 Å². The van der Waals surface area contributed by atoms with Crippen LogP contribution in [0.4, 0.5) is 17.6 Å². The van der Waals surface area contributed by atoms with Crippen molar-refractivity contribution in [2.24, 2.45) is 17.3 Å². The number of thiophene rings is 1. The minimum absolute atomic E-state index is 0. The SMILES string of the molecule is CCC(CC)C(=O)/C=C(\O)C(CC)CC.Cc1c(-c2ccc(CC(C)(C)C(F)(F)F)cc2)sc2c(-c3[c-]c4ccccc4c(C(C)(C)C)c3F)nccc12.[Ir]. The number of benzene rings is 3. The van der Waals surface area contributed by atoms with Crippen LogP contribution in [0, 0.1) is 36.1 Å². The van der Waals surface area contributed by atoms with Crippen LogP contribution in [0.1, 0.15) is 105 Å². The van der Waals surface area contributed by atoms with Crippen LogP contribution >= 0.6 is 11.3 Å². The summed E-state index contributed by atoms with van der Waals surface area (Å²) in [7, 11) is 0. The molecule has 0 unspecified atom stereocenters. The maximum atomic E-state index is 16.3. The Morgan fingerprint density at radius 3 is 2.00 bits per heavy atom. The fourth-order valence-corrected chi connectivity index (χ4v) is 8.21. The third kappa shape index (κ3) is 10.3. The fraction of sp³-hybridized carbons (Fsp3) is 0.435. The molecule has 0 amide bonds. The van der Waals surface area contributed by atoms with Gasteiger partial charge < -0.3 is 5.11 Å². The number of nitrogens with zero attached hydrogens (tertiary/aromatic N) is 1. The van der Waals surface area contributed by atoms with Gasteiger partial charge in [-0.05, 0) is 72.6 Å². The Hall–Kier alpha value is -3.39. The molecule has 0 saturated heterocycles. The van der Waals surface area contributed by atoms with E-state index < -0.39 is 17.0 Å². The Balaban J connectivity index is 0.000000433. The van der Waals surface area contributed by atoms with Crippen LogP contribution in [-0.2, 0) is 36.7 Å². The van der Waals surface area contributed by atoms with E-state index in [-0.39, 0.29) is 55.7 Å². The molecule has 0 spiro atoms. The van der Waals surface area contributed by atoms with E-state index >= 15 is 4.39 Å². The number of aryl methyl sites for hydroxylation is 1. The molecule has 0 aliphatic heterocycles. The second kappa shape index (κ2) is 18.7. The van der Waals surface area contributed by atoms with Crippen molar-refractivity contribution >= 4 is 38.0 Å². The normalized spacial score (nSPS) is 12.6. The second-order valence-electron chi connectivity index (χ2n) is 15.8. The number of aliphatic hydroxyl groups excluding tert-OH is 1. The van der Waals surface area contributed by atoms with Crippen LogP contribution in [0.3, 0.4) is 0 Å². The molecule has 9 heteroatoms. The number of carbonyl (C=O) groups is 1. The van der Waals surface area contributed by atoms with Gasteiger partial charge in [0.05, 0.1) is 17.0 Å². The Labute approximate surface area is 342 Å². The zero-order chi connectivity index (χ0) is 40.2. The van der Waals surface area contributed by atoms with Gasteiger partial charge in [0.1, 0.15) is 0 Å². The molecular weight excluding hydrogens is 899 g/mol. The number of halogens is 4. The summed E-state index contributed by atoms with van der Waals surface area (Å²) in [6, 6.07) is 20.2. The Bertz CT molecular complexity index is 2100. The van der Waals surface area contributed by atoms with Gasteiger partial charge in [0.25, 0.3) is 0 Å². The molecule has 0 saturated carbocycles. The molecule has 55 heavy (non-hydrogen) atoms. The van der Waals surface area contributed by atoms with Gasteiger partial charge in [0.15, 0.2) is 5.78 Å². The van der Waals surface area contributed by atoms with Crippen molar-refractivity contribution in [1.82, 2.24) is 4.98 Å². The first-order chi connectivity index (χ1) is 25.3. The maximum Gasteiger partial charge on any atom is 0.394 e. The molecule has 0 fully saturated rings. The van der Waals surface area contributed by atoms with Gasteiger partial charge in [-0.3, -0.25) is 14.2 Å². The average Bonchev–Trinajstić information content (AvgIpc) is 3.44. The quantitative estimate of drug-likeness (QED) is 0.0621. The molecule has 5 rings (SSSR count). The number of pyridine rings is 1. The molecular formula is C46H54F4IrNO2S-. The maximum absolute atomic E-state index is 16.3. The monoisotopic (exact) mass is 953 g/mol. The van der Waals surface area contributed by atoms with Crippen molar-refractivity contribution in [3.63, 3.8) is 0 Å². The minimum Gasteiger partial charge on any atom is -0.512 e. The number of aliphatic hydroxyl groups is 1. The van der Waals surface area contributed by atoms with Crippen LogP contribution in [-0.4, -0.2) is 22.1 Å². The van der Waals surface area contributed by atoms with E-state index in [1.165, 1.54) is 31.3 Å². The Morgan fingerprint density at radius 1 is 0.873 bits per heavy atom. The summed E-state index contributed by atoms with van der Waals surface area (Å²) < 4.78 is 57.3. The largest absolute Gasteiger partial charge is 0.512 e. The summed E-state index contributed by atoms with van der Waals surface area (Å²) in [5, 5.41) is 12.4. The van der Waals surface area contributed by atoms with Crippen molar-refractivity contribution < 1.29 is 47.6 Å². The molecule has 5 aromatic rings. The van der Waals surface area contributed by atoms with Gasteiger partial charge in [-0.25, -0.2) is 0 Å². The second-order valence-corrected chi connectivity index (χ2v) is 16.9. The van der Waals surface area contributed by atoms with Gasteiger partial charge in [0, 0.05) is 59.5 Å². The zero-order valence-electron chi connectivity index (χ0n) is 33.6. The van der Waals surface area contributed by atoms with Gasteiger partial charge in [-0.15, -0.1) is 28.9 Å². The first-order valence-corrected chi connectivity index (χ1v) is 19.7. The number of rotatable bonds is 11. The third-order valence-electron chi connectivity index (χ3n) is 10.4. The van der Waals surface area contributed by atoms with Crippen LogP contribution in [0.5, 0.6) is 0 Å². The number of allylic oxidation sites excluding steroid dienone is 2. The van der Waals surface area contributed by atoms with Crippen molar-refractivity contribution in [3.05, 3.63) is 101 Å². The number of aromatic nitrogens is 1. The number of fused-ring (bicyclic) bond motifs is 2. The standard InChI is InChI=1S/C33H30F4NS.C13H24O2.Ir/c1-19-23-15-16-38-28(25-17-22-9-7-8-10-24(22)26(27(25)34)31(2,3)4)30(23)39-29(19)21-13-11-20(12-14-21)18-32(5,6)33(35,36)37;1-5-10(6-2)12(14)9-13(15)11(7-3)8-4;/h7-16H,18H2,1-6H3;9-11,14H,5-8H2,1-4H3;/q-1;;/b;12-9-;. The predicted octanol–water partition coefficient (Wildman–Crippen LogP) is 14.3. The molecule has 3 nitrogen and oxygen atoms in total. The summed E-state index contributed by atoms with van der Waals surface area (Å²) in [5.74, 6) is 0.233. The van der Waals surface area contributed by atoms with E-state index in [0.717, 1.165) is 62.5 Å². The summed E-state index contributed by atoms with van der Waals surface area (Å²) in [5.41, 5.74) is 1.85. The number of hydrogen-bond donors (Lipinski definition) is 1. The molecule has 3 aromatic carbocycles. The Kier molecular flexibility index (Phi) is 15.6. The Morgan fingerprint density at radius 2 is 1.45 bits per heavy atom. The van der Waals surface area contributed by atoms with E-state index in [1.807, 2.05) is 97.9 Å². The van der Waals surface area contributed by atoms with Gasteiger partial charge >= 0.3 is 6.18 Å². The zero-order valence-corrected chi connectivity index (χ0v) is 36.8. The van der Waals surface area contributed by atoms with Crippen molar-refractivity contribution in [1.29, 1.82) is 0 Å². The van der Waals surface area contributed by atoms with Crippen LogP contribution < -0.4 is 0 Å². The molecule has 0 atom stereocenters. The van der Waals surface area contributed by atoms with Crippen LogP contribution in [0.25, 0.3) is 42.6 Å². The van der Waals surface area contributed by atoms with Gasteiger partial charge in [-0.1, -0.05) is 121 Å². The molecule has 2 aromatic heterocycles. The van der Waals surface area contributed by atoms with E-state index in [2.05, 4.69) is 11.1 Å². The third-order valence-corrected chi connectivity index (χ3v) is 11.8. The molecule has 1 N–H and O–H groups in total. The fourth-order valence-electron chi connectivity index (χ4n) is 6.90. The summed E-state index contributed by atoms with van der Waals surface area (Å²) in [6.45, 7) is 18.5. The predicted molar refractivity (Wildman–Crippen MR) is 218 cm³/mol. The van der Waals surface area contributed by atoms with E-state index in [1.54, 1.807) is 18.3 Å². The van der Waals surface area contributed by atoms with E-state index in [4.69, 9.17) is 0 Å². The minimum atomic E-state index is -4.28. The molecule has 1 radical (unpaired) electrons. The van der Waals surface area contributed by atoms with Crippen molar-refractivity contribution in [2.45, 2.75) is 113 Å². The summed E-state index contributed by atoms with van der Waals surface area (Å²) in [4.78, 5) is 17.3. The summed E-state index contributed by atoms with van der Waals surface area (Å²) in [6.07, 6.45) is 2.23. The van der Waals surface area contributed by atoms with Crippen LogP contribution in [0.15, 0.2) is 72.6 Å². The first kappa shape index (κ1) is 46.0. The first-order valence-electron chi connectivity index (χ1n) is 18.9. The molecule has 299 valence electrons. The summed E-state index contributed by atoms with van der Waals surface area (Å²) >= 11 is 1.52. The number of alkyl halides is 3. The molecule has 0 aliphatic carbocycles. The molecule has 2 heterocycles. The number of hydrogen-bond acceptors (Lipinski definition) is 4. The van der Waals surface area contributed by atoms with E-state index in [9.17, 15) is 23.1 Å². The van der Waals surface area contributed by atoms with E-state index in [0.29, 0.717) is 22.4 Å². The number of carbonyl (C=O) groups excluding carboxylic acids is 1. The molecule has 0 aliphatic rings. The smallest absolute Gasteiger partial charge is 0.394 e. The molecule has 0 bridgehead atoms. The van der Waals surface area contributed by atoms with Gasteiger partial charge in [-0.2, -0.15) is 13.2 Å². The number of ketones is 1. The van der Waals surface area contributed by atoms with Crippen molar-refractivity contribution in [2.75, 3.05) is 0 Å². The average molecular weight is 953 g/mol. The van der Waals surface area contributed by atoms with Crippen LogP contribution in [0.2, 0.25) is 0 Å². The topological polar surface area (TPSA) is 50.2 Å². The van der Waals surface area contributed by atoms with Gasteiger partial charge in [0.2, 0.25) is 0 Å².